The van der Waals surface area contributed by atoms with Crippen LogP contribution in [0.3, 0.4) is 0 Å². The van der Waals surface area contributed by atoms with Gasteiger partial charge in [0.1, 0.15) is 18.2 Å². The van der Waals surface area contributed by atoms with Crippen LogP contribution in [0.2, 0.25) is 0 Å². The standard InChI is InChI=1S/C26H23FN4O3/c27-22-9-1-6-19(13-22)24-29-25(34-30-24)21-8-4-12-31(16-21)26(32)20-7-2-10-23(14-20)33-17-18-5-3-11-28-15-18/h1-3,5-7,9-11,13-15,21H,4,8,12,16-17H2. The minimum absolute atomic E-state index is 0.0682. The second kappa shape index (κ2) is 9.82. The second-order valence-electron chi connectivity index (χ2n) is 8.23. The predicted octanol–water partition coefficient (Wildman–Crippen LogP) is 4.87. The SMILES string of the molecule is O=C(c1cccc(OCc2cccnc2)c1)N1CCCC(c2nc(-c3cccc(F)c3)no2)C1. The zero-order valence-electron chi connectivity index (χ0n) is 18.4. The first-order valence-electron chi connectivity index (χ1n) is 11.2. The molecule has 3 heterocycles. The van der Waals surface area contributed by atoms with Gasteiger partial charge in [0.15, 0.2) is 0 Å². The van der Waals surface area contributed by atoms with Crippen molar-refractivity contribution in [3.8, 4) is 17.1 Å². The van der Waals surface area contributed by atoms with Gasteiger partial charge in [-0.3, -0.25) is 9.78 Å². The Morgan fingerprint density at radius 3 is 2.91 bits per heavy atom. The lowest BCUT2D eigenvalue weighted by Crippen LogP contribution is -2.39. The van der Waals surface area contributed by atoms with Crippen molar-refractivity contribution in [2.24, 2.45) is 0 Å². The normalized spacial score (nSPS) is 15.8. The summed E-state index contributed by atoms with van der Waals surface area (Å²) in [6.07, 6.45) is 5.12. The molecule has 1 atom stereocenters. The Morgan fingerprint density at radius 1 is 1.15 bits per heavy atom. The molecule has 7 nitrogen and oxygen atoms in total. The van der Waals surface area contributed by atoms with Gasteiger partial charge in [-0.2, -0.15) is 4.98 Å². The van der Waals surface area contributed by atoms with Gasteiger partial charge >= 0.3 is 0 Å². The number of likely N-dealkylation sites (tertiary alicyclic amines) is 1. The summed E-state index contributed by atoms with van der Waals surface area (Å²) in [5.74, 6) is 0.936. The van der Waals surface area contributed by atoms with Crippen LogP contribution in [0.5, 0.6) is 5.75 Å². The number of halogens is 1. The van der Waals surface area contributed by atoms with Gasteiger partial charge < -0.3 is 14.2 Å². The third kappa shape index (κ3) is 4.96. The number of amides is 1. The number of pyridine rings is 1. The fourth-order valence-corrected chi connectivity index (χ4v) is 4.06. The predicted molar refractivity (Wildman–Crippen MR) is 123 cm³/mol. The molecule has 2 aromatic carbocycles. The smallest absolute Gasteiger partial charge is 0.254 e. The van der Waals surface area contributed by atoms with Gasteiger partial charge in [0, 0.05) is 42.2 Å². The fourth-order valence-electron chi connectivity index (χ4n) is 4.06. The van der Waals surface area contributed by atoms with E-state index in [4.69, 9.17) is 9.26 Å². The molecule has 1 aliphatic rings. The topological polar surface area (TPSA) is 81.4 Å². The number of aromatic nitrogens is 3. The first kappa shape index (κ1) is 21.8. The minimum Gasteiger partial charge on any atom is -0.489 e. The van der Waals surface area contributed by atoms with Crippen molar-refractivity contribution in [2.75, 3.05) is 13.1 Å². The summed E-state index contributed by atoms with van der Waals surface area (Å²) in [5.41, 5.74) is 2.08. The summed E-state index contributed by atoms with van der Waals surface area (Å²) in [4.78, 5) is 23.6. The monoisotopic (exact) mass is 458 g/mol. The molecule has 0 saturated carbocycles. The first-order chi connectivity index (χ1) is 16.7. The summed E-state index contributed by atoms with van der Waals surface area (Å²) in [6.45, 7) is 1.51. The van der Waals surface area contributed by atoms with Gasteiger partial charge in [-0.25, -0.2) is 4.39 Å². The highest BCUT2D eigenvalue weighted by Crippen LogP contribution is 2.29. The van der Waals surface area contributed by atoms with Crippen LogP contribution in [0.25, 0.3) is 11.4 Å². The third-order valence-corrected chi connectivity index (χ3v) is 5.79. The number of carbonyl (C=O) groups is 1. The molecule has 1 unspecified atom stereocenters. The van der Waals surface area contributed by atoms with Gasteiger partial charge in [-0.05, 0) is 49.2 Å². The van der Waals surface area contributed by atoms with E-state index in [0.717, 1.165) is 18.4 Å². The molecule has 0 N–H and O–H groups in total. The largest absolute Gasteiger partial charge is 0.489 e. The second-order valence-corrected chi connectivity index (χ2v) is 8.23. The molecule has 0 aliphatic carbocycles. The average Bonchev–Trinajstić information content (AvgIpc) is 3.39. The lowest BCUT2D eigenvalue weighted by atomic mass is 9.97. The Labute approximate surface area is 196 Å². The molecule has 4 aromatic rings. The summed E-state index contributed by atoms with van der Waals surface area (Å²) in [5, 5.41) is 4.01. The van der Waals surface area contributed by atoms with Gasteiger partial charge in [-0.1, -0.05) is 29.4 Å². The molecule has 1 fully saturated rings. The first-order valence-corrected chi connectivity index (χ1v) is 11.2. The molecule has 0 bridgehead atoms. The molecule has 1 saturated heterocycles. The van der Waals surface area contributed by atoms with Gasteiger partial charge in [-0.15, -0.1) is 0 Å². The summed E-state index contributed by atoms with van der Waals surface area (Å²) >= 11 is 0. The Kier molecular flexibility index (Phi) is 6.29. The molecular formula is C26H23FN4O3. The Hall–Kier alpha value is -4.07. The fraction of sp³-hybridized carbons (Fsp3) is 0.231. The van der Waals surface area contributed by atoms with E-state index in [2.05, 4.69) is 15.1 Å². The molecular weight excluding hydrogens is 435 g/mol. The molecule has 2 aromatic heterocycles. The quantitative estimate of drug-likeness (QED) is 0.410. The highest BCUT2D eigenvalue weighted by Gasteiger charge is 2.29. The van der Waals surface area contributed by atoms with Crippen LogP contribution in [0.15, 0.2) is 77.6 Å². The number of hydrogen-bond acceptors (Lipinski definition) is 6. The maximum Gasteiger partial charge on any atom is 0.254 e. The summed E-state index contributed by atoms with van der Waals surface area (Å²) in [6, 6.07) is 17.1. The van der Waals surface area contributed by atoms with Crippen molar-refractivity contribution in [3.05, 3.63) is 95.9 Å². The van der Waals surface area contributed by atoms with E-state index < -0.39 is 0 Å². The van der Waals surface area contributed by atoms with Crippen LogP contribution >= 0.6 is 0 Å². The van der Waals surface area contributed by atoms with Gasteiger partial charge in [0.2, 0.25) is 11.7 Å². The average molecular weight is 458 g/mol. The highest BCUT2D eigenvalue weighted by molar-refractivity contribution is 5.94. The van der Waals surface area contributed by atoms with Crippen LogP contribution in [0.4, 0.5) is 4.39 Å². The maximum atomic E-state index is 13.5. The van der Waals surface area contributed by atoms with Crippen molar-refractivity contribution >= 4 is 5.91 Å². The van der Waals surface area contributed by atoms with E-state index in [9.17, 15) is 9.18 Å². The number of ether oxygens (including phenoxy) is 1. The van der Waals surface area contributed by atoms with Crippen molar-refractivity contribution in [3.63, 3.8) is 0 Å². The van der Waals surface area contributed by atoms with Crippen molar-refractivity contribution in [1.29, 1.82) is 0 Å². The lowest BCUT2D eigenvalue weighted by molar-refractivity contribution is 0.0695. The van der Waals surface area contributed by atoms with E-state index >= 15 is 0 Å². The van der Waals surface area contributed by atoms with Gasteiger partial charge in [0.05, 0.1) is 5.92 Å². The maximum absolute atomic E-state index is 13.5. The molecule has 1 amide bonds. The zero-order valence-corrected chi connectivity index (χ0v) is 18.4. The van der Waals surface area contributed by atoms with E-state index in [-0.39, 0.29) is 17.6 Å². The number of hydrogen-bond donors (Lipinski definition) is 0. The highest BCUT2D eigenvalue weighted by atomic mass is 19.1. The lowest BCUT2D eigenvalue weighted by Gasteiger charge is -2.31. The molecule has 172 valence electrons. The number of rotatable bonds is 6. The molecule has 8 heteroatoms. The van der Waals surface area contributed by atoms with E-state index in [1.165, 1.54) is 12.1 Å². The van der Waals surface area contributed by atoms with Crippen molar-refractivity contribution in [1.82, 2.24) is 20.0 Å². The Morgan fingerprint density at radius 2 is 2.06 bits per heavy atom. The molecule has 34 heavy (non-hydrogen) atoms. The van der Waals surface area contributed by atoms with Crippen LogP contribution in [0, 0.1) is 5.82 Å². The van der Waals surface area contributed by atoms with E-state index in [1.54, 1.807) is 41.6 Å². The van der Waals surface area contributed by atoms with E-state index in [0.29, 0.717) is 48.3 Å². The number of nitrogens with zero attached hydrogens (tertiary/aromatic N) is 4. The summed E-state index contributed by atoms with van der Waals surface area (Å²) in [7, 11) is 0. The van der Waals surface area contributed by atoms with Crippen LogP contribution in [0.1, 0.15) is 40.6 Å². The molecule has 0 radical (unpaired) electrons. The van der Waals surface area contributed by atoms with Crippen LogP contribution in [-0.2, 0) is 6.61 Å². The summed E-state index contributed by atoms with van der Waals surface area (Å²) < 4.78 is 24.9. The minimum atomic E-state index is -0.357. The zero-order chi connectivity index (χ0) is 23.3. The molecule has 5 rings (SSSR count). The number of carbonyl (C=O) groups excluding carboxylic acids is 1. The van der Waals surface area contributed by atoms with E-state index in [1.807, 2.05) is 24.3 Å². The van der Waals surface area contributed by atoms with Crippen molar-refractivity contribution in [2.45, 2.75) is 25.4 Å². The Balaban J connectivity index is 1.25. The third-order valence-electron chi connectivity index (χ3n) is 5.79. The van der Waals surface area contributed by atoms with Crippen molar-refractivity contribution < 1.29 is 18.4 Å². The number of benzene rings is 2. The number of piperidine rings is 1. The van der Waals surface area contributed by atoms with Crippen LogP contribution in [-0.4, -0.2) is 39.0 Å². The van der Waals surface area contributed by atoms with Crippen LogP contribution < -0.4 is 4.74 Å². The molecule has 1 aliphatic heterocycles. The van der Waals surface area contributed by atoms with Gasteiger partial charge in [0.25, 0.3) is 5.91 Å². The molecule has 0 spiro atoms. The Bertz CT molecular complexity index is 1280.